The van der Waals surface area contributed by atoms with Gasteiger partial charge in [-0.2, -0.15) is 0 Å². The van der Waals surface area contributed by atoms with Gasteiger partial charge in [-0.25, -0.2) is 4.79 Å². The van der Waals surface area contributed by atoms with Gasteiger partial charge in [0.1, 0.15) is 24.4 Å². The van der Waals surface area contributed by atoms with E-state index in [0.29, 0.717) is 10.6 Å². The average molecular weight is 418 g/mol. The molecule has 1 aliphatic rings. The molecule has 0 radical (unpaired) electrons. The Morgan fingerprint density at radius 3 is 2.39 bits per heavy atom. The Balaban J connectivity index is 2.31. The molecule has 0 unspecified atom stereocenters. The highest BCUT2D eigenvalue weighted by Gasteiger charge is 2.48. The van der Waals surface area contributed by atoms with Crippen LogP contribution in [-0.4, -0.2) is 68.7 Å². The molecule has 9 heteroatoms. The molecule has 0 bridgehead atoms. The smallest absolute Gasteiger partial charge is 0.335 e. The van der Waals surface area contributed by atoms with Crippen LogP contribution in [0, 0.1) is 0 Å². The molecule has 1 aromatic carbocycles. The van der Waals surface area contributed by atoms with E-state index >= 15 is 0 Å². The van der Waals surface area contributed by atoms with Gasteiger partial charge in [0, 0.05) is 16.6 Å². The highest BCUT2D eigenvalue weighted by molar-refractivity contribution is 6.30. The van der Waals surface area contributed by atoms with Crippen molar-refractivity contribution in [3.63, 3.8) is 0 Å². The van der Waals surface area contributed by atoms with E-state index in [9.17, 15) is 25.2 Å². The van der Waals surface area contributed by atoms with Crippen molar-refractivity contribution in [2.45, 2.75) is 76.1 Å². The lowest BCUT2D eigenvalue weighted by molar-refractivity contribution is -0.307. The number of aliphatic carboxylic acids is 1. The largest absolute Gasteiger partial charge is 0.479 e. The summed E-state index contributed by atoms with van der Waals surface area (Å²) in [4.78, 5) is 11.3. The van der Waals surface area contributed by atoms with Gasteiger partial charge < -0.3 is 35.2 Å². The standard InChI is InChI=1S/C19H28ClNO7/c1-9(21-19(2,3)4)15(10-6-5-7-11(20)8-10)27-18-14(24)12(22)13(23)16(28-18)17(25)26/h5-9,12-16,18,21-24H,1-4H3,(H,25,26)/t9-,12+,13+,14-,15-,16+,18-/m1/s1. The zero-order valence-electron chi connectivity index (χ0n) is 16.2. The van der Waals surface area contributed by atoms with Crippen LogP contribution in [0.2, 0.25) is 5.02 Å². The third kappa shape index (κ3) is 5.64. The number of ether oxygens (including phenoxy) is 2. The molecule has 1 aliphatic heterocycles. The number of benzene rings is 1. The monoisotopic (exact) mass is 417 g/mol. The molecule has 8 nitrogen and oxygen atoms in total. The van der Waals surface area contributed by atoms with Crippen LogP contribution in [0.1, 0.15) is 39.4 Å². The molecular weight excluding hydrogens is 390 g/mol. The van der Waals surface area contributed by atoms with E-state index in [1.165, 1.54) is 0 Å². The average Bonchev–Trinajstić information content (AvgIpc) is 2.57. The summed E-state index contributed by atoms with van der Waals surface area (Å²) in [6.07, 6.45) is -9.02. The van der Waals surface area contributed by atoms with E-state index in [2.05, 4.69) is 5.32 Å². The van der Waals surface area contributed by atoms with Crippen LogP contribution in [0.4, 0.5) is 0 Å². The number of rotatable bonds is 6. The lowest BCUT2D eigenvalue weighted by atomic mass is 9.97. The molecule has 0 saturated carbocycles. The van der Waals surface area contributed by atoms with Gasteiger partial charge in [0.15, 0.2) is 12.4 Å². The van der Waals surface area contributed by atoms with E-state index in [4.69, 9.17) is 21.1 Å². The van der Waals surface area contributed by atoms with Crippen molar-refractivity contribution >= 4 is 17.6 Å². The predicted molar refractivity (Wildman–Crippen MR) is 102 cm³/mol. The van der Waals surface area contributed by atoms with Crippen molar-refractivity contribution in [1.29, 1.82) is 0 Å². The molecule has 158 valence electrons. The minimum absolute atomic E-state index is 0.259. The third-order valence-corrected chi connectivity index (χ3v) is 4.62. The molecule has 0 aliphatic carbocycles. The van der Waals surface area contributed by atoms with Crippen molar-refractivity contribution in [2.24, 2.45) is 0 Å². The molecule has 2 rings (SSSR count). The van der Waals surface area contributed by atoms with E-state index in [1.54, 1.807) is 24.3 Å². The molecule has 0 spiro atoms. The number of aliphatic hydroxyl groups is 3. The SMILES string of the molecule is C[C@@H](NC(C)(C)C)[C@@H](O[C@@H]1O[C@H](C(=O)O)[C@@H](O)[C@H](O)[C@H]1O)c1cccc(Cl)c1. The Bertz CT molecular complexity index is 680. The van der Waals surface area contributed by atoms with Gasteiger partial charge >= 0.3 is 5.97 Å². The van der Waals surface area contributed by atoms with Crippen LogP contribution >= 0.6 is 11.6 Å². The minimum atomic E-state index is -1.78. The summed E-state index contributed by atoms with van der Waals surface area (Å²) in [7, 11) is 0. The Morgan fingerprint density at radius 2 is 1.86 bits per heavy atom. The fourth-order valence-electron chi connectivity index (χ4n) is 3.24. The molecule has 7 atom stereocenters. The van der Waals surface area contributed by atoms with E-state index < -0.39 is 42.8 Å². The summed E-state index contributed by atoms with van der Waals surface area (Å²) in [5.74, 6) is -1.47. The van der Waals surface area contributed by atoms with Crippen molar-refractivity contribution in [2.75, 3.05) is 0 Å². The second-order valence-electron chi connectivity index (χ2n) is 8.03. The highest BCUT2D eigenvalue weighted by atomic mass is 35.5. The third-order valence-electron chi connectivity index (χ3n) is 4.39. The highest BCUT2D eigenvalue weighted by Crippen LogP contribution is 2.31. The Hall–Kier alpha value is -1.26. The summed E-state index contributed by atoms with van der Waals surface area (Å²) in [6.45, 7) is 7.80. The van der Waals surface area contributed by atoms with Gasteiger partial charge in [-0.1, -0.05) is 23.7 Å². The zero-order chi connectivity index (χ0) is 21.2. The van der Waals surface area contributed by atoms with Crippen LogP contribution in [0.25, 0.3) is 0 Å². The van der Waals surface area contributed by atoms with Gasteiger partial charge in [0.05, 0.1) is 0 Å². The molecule has 28 heavy (non-hydrogen) atoms. The first-order valence-electron chi connectivity index (χ1n) is 9.02. The van der Waals surface area contributed by atoms with Gasteiger partial charge in [0.25, 0.3) is 0 Å². The minimum Gasteiger partial charge on any atom is -0.479 e. The summed E-state index contributed by atoms with van der Waals surface area (Å²) in [5.41, 5.74) is 0.422. The maximum atomic E-state index is 11.3. The van der Waals surface area contributed by atoms with Crippen LogP contribution in [0.15, 0.2) is 24.3 Å². The molecule has 1 saturated heterocycles. The van der Waals surface area contributed by atoms with E-state index in [-0.39, 0.29) is 11.6 Å². The number of carboxylic acids is 1. The second kappa shape index (κ2) is 9.04. The van der Waals surface area contributed by atoms with Crippen LogP contribution in [0.3, 0.4) is 0 Å². The maximum absolute atomic E-state index is 11.3. The van der Waals surface area contributed by atoms with Crippen molar-refractivity contribution < 1.29 is 34.7 Å². The quantitative estimate of drug-likeness (QED) is 0.465. The van der Waals surface area contributed by atoms with Crippen LogP contribution in [-0.2, 0) is 14.3 Å². The molecule has 5 N–H and O–H groups in total. The Labute approximate surface area is 169 Å². The Morgan fingerprint density at radius 1 is 1.21 bits per heavy atom. The molecule has 1 heterocycles. The summed E-state index contributed by atoms with van der Waals surface area (Å²) >= 11 is 6.10. The number of hydrogen-bond donors (Lipinski definition) is 5. The first-order valence-corrected chi connectivity index (χ1v) is 9.39. The first kappa shape index (κ1) is 23.0. The number of carboxylic acid groups (broad SMARTS) is 1. The number of carbonyl (C=O) groups is 1. The predicted octanol–water partition coefficient (Wildman–Crippen LogP) is 1.07. The van der Waals surface area contributed by atoms with Gasteiger partial charge in [-0.05, 0) is 45.4 Å². The van der Waals surface area contributed by atoms with E-state index in [0.717, 1.165) is 0 Å². The van der Waals surface area contributed by atoms with Gasteiger partial charge in [0.2, 0.25) is 0 Å². The van der Waals surface area contributed by atoms with Gasteiger partial charge in [-0.15, -0.1) is 0 Å². The number of nitrogens with one attached hydrogen (secondary N) is 1. The number of halogens is 1. The van der Waals surface area contributed by atoms with E-state index in [1.807, 2.05) is 27.7 Å². The molecule has 1 fully saturated rings. The summed E-state index contributed by atoms with van der Waals surface area (Å²) in [5, 5.41) is 43.2. The molecular formula is C19H28ClNO7. The zero-order valence-corrected chi connectivity index (χ0v) is 17.0. The molecule has 0 aromatic heterocycles. The van der Waals surface area contributed by atoms with Gasteiger partial charge in [-0.3, -0.25) is 0 Å². The fourth-order valence-corrected chi connectivity index (χ4v) is 3.44. The van der Waals surface area contributed by atoms with Crippen molar-refractivity contribution in [1.82, 2.24) is 5.32 Å². The Kier molecular flexibility index (Phi) is 7.44. The lowest BCUT2D eigenvalue weighted by Crippen LogP contribution is -2.61. The normalized spacial score (nSPS) is 30.6. The number of hydrogen-bond acceptors (Lipinski definition) is 7. The topological polar surface area (TPSA) is 128 Å². The first-order chi connectivity index (χ1) is 12.9. The maximum Gasteiger partial charge on any atom is 0.335 e. The second-order valence-corrected chi connectivity index (χ2v) is 8.47. The lowest BCUT2D eigenvalue weighted by Gasteiger charge is -2.41. The fraction of sp³-hybridized carbons (Fsp3) is 0.632. The van der Waals surface area contributed by atoms with Crippen molar-refractivity contribution in [3.8, 4) is 0 Å². The molecule has 1 aromatic rings. The number of aliphatic hydroxyl groups excluding tert-OH is 3. The van der Waals surface area contributed by atoms with Crippen molar-refractivity contribution in [3.05, 3.63) is 34.9 Å². The molecule has 0 amide bonds. The summed E-state index contributed by atoms with van der Waals surface area (Å²) in [6, 6.07) is 6.64. The van der Waals surface area contributed by atoms with Crippen LogP contribution in [0.5, 0.6) is 0 Å². The summed E-state index contributed by atoms with van der Waals surface area (Å²) < 4.78 is 11.2. The van der Waals surface area contributed by atoms with Crippen LogP contribution < -0.4 is 5.32 Å².